The van der Waals surface area contributed by atoms with Crippen LogP contribution >= 0.6 is 0 Å². The summed E-state index contributed by atoms with van der Waals surface area (Å²) in [5.41, 5.74) is 2.88. The highest BCUT2D eigenvalue weighted by atomic mass is 16.5. The van der Waals surface area contributed by atoms with Gasteiger partial charge < -0.3 is 14.2 Å². The van der Waals surface area contributed by atoms with E-state index in [0.717, 1.165) is 23.3 Å². The van der Waals surface area contributed by atoms with E-state index in [1.165, 1.54) is 12.8 Å². The zero-order valence-electron chi connectivity index (χ0n) is 16.6. The second kappa shape index (κ2) is 6.95. The largest absolute Gasteiger partial charge is 0.493 e. The SMILES string of the molecule is CCOc1cc2nc(C3CC3)cn2cc1CC(=O)c1cccc(C2(O)CCC2)n1. The highest BCUT2D eigenvalue weighted by molar-refractivity contribution is 5.96. The molecule has 2 saturated carbocycles. The number of ether oxygens (including phenoxy) is 1. The standard InChI is InChI=1S/C23H25N3O3/c1-2-29-20-12-22-25-18(15-7-8-15)14-26(22)13-16(20)11-19(27)17-5-3-6-21(24-17)23(28)9-4-10-23/h3,5-6,12-15,28H,2,4,7-11H2,1H3. The number of Topliss-reactive ketones (excluding diaryl/α,β-unsaturated/α-hetero) is 1. The Balaban J connectivity index is 1.44. The topological polar surface area (TPSA) is 76.7 Å². The predicted octanol–water partition coefficient (Wildman–Crippen LogP) is 3.80. The fraction of sp³-hybridized carbons (Fsp3) is 0.435. The first-order chi connectivity index (χ1) is 14.1. The number of nitrogens with zero attached hydrogens (tertiary/aromatic N) is 3. The summed E-state index contributed by atoms with van der Waals surface area (Å²) >= 11 is 0. The van der Waals surface area contributed by atoms with E-state index in [9.17, 15) is 9.90 Å². The normalized spacial score (nSPS) is 17.9. The Hall–Kier alpha value is -2.73. The van der Waals surface area contributed by atoms with Crippen molar-refractivity contribution in [2.24, 2.45) is 0 Å². The first-order valence-corrected chi connectivity index (χ1v) is 10.4. The van der Waals surface area contributed by atoms with Gasteiger partial charge >= 0.3 is 0 Å². The van der Waals surface area contributed by atoms with E-state index < -0.39 is 5.60 Å². The molecule has 0 amide bonds. The molecular weight excluding hydrogens is 366 g/mol. The van der Waals surface area contributed by atoms with Crippen LogP contribution < -0.4 is 4.74 Å². The van der Waals surface area contributed by atoms with Gasteiger partial charge in [-0.2, -0.15) is 0 Å². The third kappa shape index (κ3) is 3.42. The molecule has 0 aliphatic heterocycles. The lowest BCUT2D eigenvalue weighted by atomic mass is 9.77. The average molecular weight is 391 g/mol. The monoisotopic (exact) mass is 391 g/mol. The fourth-order valence-corrected chi connectivity index (χ4v) is 3.96. The molecule has 0 bridgehead atoms. The Morgan fingerprint density at radius 2 is 2.10 bits per heavy atom. The van der Waals surface area contributed by atoms with Crippen LogP contribution in [0.5, 0.6) is 5.75 Å². The molecule has 0 spiro atoms. The maximum Gasteiger partial charge on any atom is 0.185 e. The highest BCUT2D eigenvalue weighted by Crippen LogP contribution is 2.40. The van der Waals surface area contributed by atoms with Crippen molar-refractivity contribution in [3.05, 3.63) is 59.3 Å². The lowest BCUT2D eigenvalue weighted by Gasteiger charge is -2.36. The summed E-state index contributed by atoms with van der Waals surface area (Å²) < 4.78 is 7.79. The lowest BCUT2D eigenvalue weighted by Crippen LogP contribution is -2.35. The van der Waals surface area contributed by atoms with Crippen molar-refractivity contribution >= 4 is 11.4 Å². The number of carbonyl (C=O) groups is 1. The van der Waals surface area contributed by atoms with Crippen LogP contribution in [0.1, 0.15) is 72.4 Å². The van der Waals surface area contributed by atoms with Crippen molar-refractivity contribution < 1.29 is 14.6 Å². The molecule has 5 rings (SSSR count). The number of rotatable bonds is 7. The number of hydrogen-bond acceptors (Lipinski definition) is 5. The van der Waals surface area contributed by atoms with Crippen LogP contribution in [0, 0.1) is 0 Å². The van der Waals surface area contributed by atoms with E-state index in [1.54, 1.807) is 18.2 Å². The van der Waals surface area contributed by atoms with Crippen molar-refractivity contribution in [2.45, 2.75) is 57.0 Å². The minimum atomic E-state index is -0.873. The maximum absolute atomic E-state index is 13.0. The molecule has 3 aromatic rings. The van der Waals surface area contributed by atoms with Crippen LogP contribution in [-0.2, 0) is 12.0 Å². The summed E-state index contributed by atoms with van der Waals surface area (Å²) in [5.74, 6) is 1.17. The zero-order chi connectivity index (χ0) is 20.0. The molecule has 1 N–H and O–H groups in total. The maximum atomic E-state index is 13.0. The smallest absolute Gasteiger partial charge is 0.185 e. The van der Waals surface area contributed by atoms with Crippen molar-refractivity contribution in [3.8, 4) is 5.75 Å². The molecule has 29 heavy (non-hydrogen) atoms. The predicted molar refractivity (Wildman–Crippen MR) is 108 cm³/mol. The van der Waals surface area contributed by atoms with Gasteiger partial charge in [0, 0.05) is 36.4 Å². The van der Waals surface area contributed by atoms with Crippen LogP contribution in [0.25, 0.3) is 5.65 Å². The molecule has 0 radical (unpaired) electrons. The molecule has 3 aromatic heterocycles. The molecule has 6 heteroatoms. The summed E-state index contributed by atoms with van der Waals surface area (Å²) in [5, 5.41) is 10.6. The van der Waals surface area contributed by atoms with E-state index in [2.05, 4.69) is 11.2 Å². The van der Waals surface area contributed by atoms with Gasteiger partial charge in [-0.25, -0.2) is 9.97 Å². The Kier molecular flexibility index (Phi) is 4.39. The number of carbonyl (C=O) groups excluding carboxylic acids is 1. The van der Waals surface area contributed by atoms with E-state index in [-0.39, 0.29) is 12.2 Å². The van der Waals surface area contributed by atoms with E-state index in [4.69, 9.17) is 9.72 Å². The first-order valence-electron chi connectivity index (χ1n) is 10.4. The summed E-state index contributed by atoms with van der Waals surface area (Å²) in [6, 6.07) is 7.24. The molecule has 0 aromatic carbocycles. The number of ketones is 1. The summed E-state index contributed by atoms with van der Waals surface area (Å²) in [6.45, 7) is 2.45. The van der Waals surface area contributed by atoms with Gasteiger partial charge in [-0.15, -0.1) is 0 Å². The van der Waals surface area contributed by atoms with Gasteiger partial charge in [0.05, 0.1) is 18.0 Å². The molecular formula is C23H25N3O3. The van der Waals surface area contributed by atoms with Crippen LogP contribution in [0.4, 0.5) is 0 Å². The Bertz CT molecular complexity index is 1080. The number of imidazole rings is 1. The second-order valence-electron chi connectivity index (χ2n) is 8.19. The molecule has 150 valence electrons. The summed E-state index contributed by atoms with van der Waals surface area (Å²) in [7, 11) is 0. The van der Waals surface area contributed by atoms with Gasteiger partial charge in [0.25, 0.3) is 0 Å². The zero-order valence-corrected chi connectivity index (χ0v) is 16.6. The highest BCUT2D eigenvalue weighted by Gasteiger charge is 2.37. The van der Waals surface area contributed by atoms with Gasteiger partial charge in [-0.1, -0.05) is 6.07 Å². The van der Waals surface area contributed by atoms with E-state index in [0.29, 0.717) is 42.5 Å². The van der Waals surface area contributed by atoms with Crippen LogP contribution in [0.2, 0.25) is 0 Å². The van der Waals surface area contributed by atoms with Gasteiger partial charge in [-0.3, -0.25) is 4.79 Å². The number of aliphatic hydroxyl groups is 1. The molecule has 2 aliphatic rings. The van der Waals surface area contributed by atoms with Crippen LogP contribution in [-0.4, -0.2) is 31.9 Å². The molecule has 3 heterocycles. The summed E-state index contributed by atoms with van der Waals surface area (Å²) in [4.78, 5) is 22.2. The number of aromatic nitrogens is 3. The third-order valence-corrected chi connectivity index (χ3v) is 5.99. The molecule has 6 nitrogen and oxygen atoms in total. The molecule has 0 unspecified atom stereocenters. The lowest BCUT2D eigenvalue weighted by molar-refractivity contribution is -0.0426. The van der Waals surface area contributed by atoms with Gasteiger partial charge in [0.15, 0.2) is 5.78 Å². The molecule has 0 atom stereocenters. The van der Waals surface area contributed by atoms with Crippen molar-refractivity contribution in [3.63, 3.8) is 0 Å². The quantitative estimate of drug-likeness (QED) is 0.620. The van der Waals surface area contributed by atoms with Gasteiger partial charge in [-0.05, 0) is 51.2 Å². The number of fused-ring (bicyclic) bond motifs is 1. The Morgan fingerprint density at radius 3 is 2.79 bits per heavy atom. The van der Waals surface area contributed by atoms with E-state index in [1.807, 2.05) is 23.6 Å². The minimum absolute atomic E-state index is 0.0855. The molecule has 0 saturated heterocycles. The first kappa shape index (κ1) is 18.3. The van der Waals surface area contributed by atoms with Crippen molar-refractivity contribution in [2.75, 3.05) is 6.61 Å². The Morgan fingerprint density at radius 1 is 1.28 bits per heavy atom. The molecule has 2 aliphatic carbocycles. The number of hydrogen-bond donors (Lipinski definition) is 1. The third-order valence-electron chi connectivity index (χ3n) is 5.99. The fourth-order valence-electron chi connectivity index (χ4n) is 3.96. The van der Waals surface area contributed by atoms with Crippen LogP contribution in [0.3, 0.4) is 0 Å². The summed E-state index contributed by atoms with van der Waals surface area (Å²) in [6.07, 6.45) is 8.98. The van der Waals surface area contributed by atoms with Crippen LogP contribution in [0.15, 0.2) is 36.7 Å². The van der Waals surface area contributed by atoms with Gasteiger partial charge in [0.2, 0.25) is 0 Å². The Labute approximate surface area is 169 Å². The van der Waals surface area contributed by atoms with Crippen molar-refractivity contribution in [1.29, 1.82) is 0 Å². The molecule has 2 fully saturated rings. The van der Waals surface area contributed by atoms with Crippen molar-refractivity contribution in [1.82, 2.24) is 14.4 Å². The van der Waals surface area contributed by atoms with E-state index >= 15 is 0 Å². The van der Waals surface area contributed by atoms with Gasteiger partial charge in [0.1, 0.15) is 22.7 Å². The number of pyridine rings is 2. The second-order valence-corrected chi connectivity index (χ2v) is 8.19. The minimum Gasteiger partial charge on any atom is -0.493 e. The average Bonchev–Trinajstić information content (AvgIpc) is 3.47.